The van der Waals surface area contributed by atoms with E-state index in [0.29, 0.717) is 10.8 Å². The summed E-state index contributed by atoms with van der Waals surface area (Å²) in [4.78, 5) is 0. The van der Waals surface area contributed by atoms with E-state index >= 15 is 0 Å². The van der Waals surface area contributed by atoms with Gasteiger partial charge in [0.1, 0.15) is 0 Å². The van der Waals surface area contributed by atoms with E-state index in [9.17, 15) is 0 Å². The van der Waals surface area contributed by atoms with Crippen molar-refractivity contribution < 1.29 is 0 Å². The lowest BCUT2D eigenvalue weighted by Crippen LogP contribution is -2.45. The summed E-state index contributed by atoms with van der Waals surface area (Å²) < 4.78 is 0. The molecule has 0 amide bonds. The summed E-state index contributed by atoms with van der Waals surface area (Å²) in [5, 5.41) is 0. The molecule has 4 aliphatic rings. The van der Waals surface area contributed by atoms with Gasteiger partial charge >= 0.3 is 0 Å². The number of fused-ring (bicyclic) bond motifs is 5. The highest BCUT2D eigenvalue weighted by Crippen LogP contribution is 2.63. The second kappa shape index (κ2) is 4.12. The van der Waals surface area contributed by atoms with Gasteiger partial charge < -0.3 is 0 Å². The Balaban J connectivity index is 1.72. The summed E-state index contributed by atoms with van der Waals surface area (Å²) in [7, 11) is 0. The van der Waals surface area contributed by atoms with Crippen LogP contribution in [-0.4, -0.2) is 0 Å². The average Bonchev–Trinajstić information content (AvgIpc) is 2.79. The maximum Gasteiger partial charge on any atom is -0.00853 e. The van der Waals surface area contributed by atoms with Crippen molar-refractivity contribution >= 4 is 0 Å². The van der Waals surface area contributed by atoms with Crippen molar-refractivity contribution in [2.45, 2.75) is 78.1 Å². The summed E-state index contributed by atoms with van der Waals surface area (Å²) in [5.74, 6) is 3.03. The van der Waals surface area contributed by atoms with Crippen LogP contribution in [0.4, 0.5) is 0 Å². The van der Waals surface area contributed by atoms with Crippen LogP contribution in [0.1, 0.15) is 78.1 Å². The molecule has 0 bridgehead atoms. The zero-order chi connectivity index (χ0) is 13.1. The Morgan fingerprint density at radius 3 is 2.74 bits per heavy atom. The molecule has 0 saturated heterocycles. The molecule has 3 saturated carbocycles. The largest absolute Gasteiger partial charge is 0.0839 e. The third-order valence-electron chi connectivity index (χ3n) is 7.72. The zero-order valence-corrected chi connectivity index (χ0v) is 12.9. The Bertz CT molecular complexity index is 406. The molecule has 0 heterocycles. The second-order valence-electron chi connectivity index (χ2n) is 8.56. The first-order valence-electron chi connectivity index (χ1n) is 8.84. The standard InChI is InChI=1S/C19H30/c1-18-11-5-7-16(18)15-9-8-14-6-3-4-12-19(14,2)17(15)10-13-18/h10,14-16H,3-9,11-13H2,1-2H3. The van der Waals surface area contributed by atoms with E-state index in [4.69, 9.17) is 0 Å². The van der Waals surface area contributed by atoms with E-state index in [1.807, 2.05) is 5.57 Å². The van der Waals surface area contributed by atoms with E-state index in [2.05, 4.69) is 19.9 Å². The normalized spacial score (nSPS) is 52.9. The quantitative estimate of drug-likeness (QED) is 0.487. The SMILES string of the molecule is CC12CC=C3C(CCC4CCCCC34C)C1CCC2. The van der Waals surface area contributed by atoms with Crippen molar-refractivity contribution in [3.05, 3.63) is 11.6 Å². The van der Waals surface area contributed by atoms with E-state index in [1.54, 1.807) is 0 Å². The lowest BCUT2D eigenvalue weighted by atomic mass is 9.49. The van der Waals surface area contributed by atoms with Gasteiger partial charge in [-0.15, -0.1) is 0 Å². The van der Waals surface area contributed by atoms with Crippen molar-refractivity contribution in [2.24, 2.45) is 28.6 Å². The van der Waals surface area contributed by atoms with Crippen molar-refractivity contribution in [2.75, 3.05) is 0 Å². The van der Waals surface area contributed by atoms with Gasteiger partial charge in [-0.25, -0.2) is 0 Å². The number of allylic oxidation sites excluding steroid dienone is 2. The maximum atomic E-state index is 2.74. The summed E-state index contributed by atoms with van der Waals surface area (Å²) in [6.45, 7) is 5.22. The van der Waals surface area contributed by atoms with Crippen molar-refractivity contribution in [3.8, 4) is 0 Å². The minimum Gasteiger partial charge on any atom is -0.0839 e. The molecule has 0 N–H and O–H groups in total. The molecule has 0 aromatic rings. The molecule has 0 spiro atoms. The first-order valence-corrected chi connectivity index (χ1v) is 8.84. The molecule has 4 rings (SSSR count). The smallest absolute Gasteiger partial charge is 0.00853 e. The number of rotatable bonds is 0. The highest BCUT2D eigenvalue weighted by Gasteiger charge is 2.53. The van der Waals surface area contributed by atoms with Gasteiger partial charge in [0.25, 0.3) is 0 Å². The Morgan fingerprint density at radius 2 is 1.84 bits per heavy atom. The lowest BCUT2D eigenvalue weighted by molar-refractivity contribution is 0.0439. The minimum atomic E-state index is 0.602. The summed E-state index contributed by atoms with van der Waals surface area (Å²) in [6.07, 6.45) is 17.7. The average molecular weight is 258 g/mol. The van der Waals surface area contributed by atoms with E-state index < -0.39 is 0 Å². The van der Waals surface area contributed by atoms with Gasteiger partial charge in [-0.1, -0.05) is 44.8 Å². The molecule has 5 atom stereocenters. The summed E-state index contributed by atoms with van der Waals surface area (Å²) in [6, 6.07) is 0. The van der Waals surface area contributed by atoms with Crippen molar-refractivity contribution in [1.82, 2.24) is 0 Å². The molecule has 0 aromatic heterocycles. The molecule has 5 unspecified atom stereocenters. The van der Waals surface area contributed by atoms with Crippen LogP contribution in [0.25, 0.3) is 0 Å². The van der Waals surface area contributed by atoms with E-state index in [1.165, 1.54) is 64.2 Å². The highest BCUT2D eigenvalue weighted by atomic mass is 14.6. The van der Waals surface area contributed by atoms with Crippen molar-refractivity contribution in [1.29, 1.82) is 0 Å². The molecule has 3 fully saturated rings. The summed E-state index contributed by atoms with van der Waals surface area (Å²) in [5.41, 5.74) is 3.21. The predicted molar refractivity (Wildman–Crippen MR) is 80.9 cm³/mol. The molecule has 0 heteroatoms. The van der Waals surface area contributed by atoms with Crippen LogP contribution in [0, 0.1) is 28.6 Å². The topological polar surface area (TPSA) is 0 Å². The fourth-order valence-corrected chi connectivity index (χ4v) is 6.55. The first kappa shape index (κ1) is 12.5. The van der Waals surface area contributed by atoms with Crippen LogP contribution in [0.3, 0.4) is 0 Å². The molecule has 0 radical (unpaired) electrons. The number of hydrogen-bond acceptors (Lipinski definition) is 0. The van der Waals surface area contributed by atoms with Crippen LogP contribution in [-0.2, 0) is 0 Å². The van der Waals surface area contributed by atoms with Crippen molar-refractivity contribution in [3.63, 3.8) is 0 Å². The van der Waals surface area contributed by atoms with Gasteiger partial charge in [0, 0.05) is 0 Å². The van der Waals surface area contributed by atoms with Gasteiger partial charge in [0.15, 0.2) is 0 Å². The highest BCUT2D eigenvalue weighted by molar-refractivity contribution is 5.28. The molecule has 0 aliphatic heterocycles. The summed E-state index contributed by atoms with van der Waals surface area (Å²) >= 11 is 0. The van der Waals surface area contributed by atoms with E-state index in [0.717, 1.165) is 17.8 Å². The molecular formula is C19H30. The van der Waals surface area contributed by atoms with Crippen LogP contribution >= 0.6 is 0 Å². The van der Waals surface area contributed by atoms with Gasteiger partial charge in [0.2, 0.25) is 0 Å². The fourth-order valence-electron chi connectivity index (χ4n) is 6.55. The lowest BCUT2D eigenvalue weighted by Gasteiger charge is -2.55. The third-order valence-corrected chi connectivity index (χ3v) is 7.72. The Kier molecular flexibility index (Phi) is 2.71. The molecular weight excluding hydrogens is 228 g/mol. The molecule has 106 valence electrons. The Morgan fingerprint density at radius 1 is 0.947 bits per heavy atom. The molecule has 0 aromatic carbocycles. The fraction of sp³-hybridized carbons (Fsp3) is 0.895. The van der Waals surface area contributed by atoms with Crippen LogP contribution in [0.2, 0.25) is 0 Å². The maximum absolute atomic E-state index is 2.74. The number of hydrogen-bond donors (Lipinski definition) is 0. The molecule has 19 heavy (non-hydrogen) atoms. The Labute approximate surface area is 119 Å². The predicted octanol–water partition coefficient (Wildman–Crippen LogP) is 5.73. The second-order valence-corrected chi connectivity index (χ2v) is 8.56. The molecule has 0 nitrogen and oxygen atoms in total. The van der Waals surface area contributed by atoms with Crippen LogP contribution in [0.5, 0.6) is 0 Å². The monoisotopic (exact) mass is 258 g/mol. The van der Waals surface area contributed by atoms with Crippen LogP contribution in [0.15, 0.2) is 11.6 Å². The van der Waals surface area contributed by atoms with Crippen LogP contribution < -0.4 is 0 Å². The third kappa shape index (κ3) is 1.64. The van der Waals surface area contributed by atoms with Gasteiger partial charge in [-0.3, -0.25) is 0 Å². The van der Waals surface area contributed by atoms with Gasteiger partial charge in [-0.2, -0.15) is 0 Å². The Hall–Kier alpha value is -0.260. The molecule has 4 aliphatic carbocycles. The first-order chi connectivity index (χ1) is 9.13. The van der Waals surface area contributed by atoms with E-state index in [-0.39, 0.29) is 0 Å². The minimum absolute atomic E-state index is 0.602. The van der Waals surface area contributed by atoms with Gasteiger partial charge in [-0.05, 0) is 73.5 Å². The zero-order valence-electron chi connectivity index (χ0n) is 12.9. The van der Waals surface area contributed by atoms with Gasteiger partial charge in [0.05, 0.1) is 0 Å².